The van der Waals surface area contributed by atoms with Gasteiger partial charge in [-0.05, 0) is 25.0 Å². The van der Waals surface area contributed by atoms with Crippen LogP contribution in [-0.4, -0.2) is 23.7 Å². The Bertz CT molecular complexity index is 459. The number of para-hydroxylation sites is 1. The average Bonchev–Trinajstić information content (AvgIpc) is 2.36. The quantitative estimate of drug-likeness (QED) is 0.816. The van der Waals surface area contributed by atoms with Crippen molar-refractivity contribution in [2.24, 2.45) is 5.92 Å². The van der Waals surface area contributed by atoms with Crippen LogP contribution in [0.25, 0.3) is 0 Å². The van der Waals surface area contributed by atoms with Crippen LogP contribution in [0.3, 0.4) is 0 Å². The Morgan fingerprint density at radius 3 is 2.42 bits per heavy atom. The Labute approximate surface area is 118 Å². The predicted octanol–water partition coefficient (Wildman–Crippen LogP) is 2.64. The van der Waals surface area contributed by atoms with Gasteiger partial charge in [-0.3, -0.25) is 9.59 Å². The minimum absolute atomic E-state index is 0.202. The lowest BCUT2D eigenvalue weighted by Gasteiger charge is -2.13. The summed E-state index contributed by atoms with van der Waals surface area (Å²) in [7, 11) is 0. The molecular formula is C14H19ClN2O2. The topological polar surface area (TPSA) is 58.2 Å². The van der Waals surface area contributed by atoms with Gasteiger partial charge in [-0.15, -0.1) is 11.6 Å². The van der Waals surface area contributed by atoms with Crippen LogP contribution >= 0.6 is 11.6 Å². The van der Waals surface area contributed by atoms with Gasteiger partial charge in [0, 0.05) is 6.54 Å². The standard InChI is InChI=1S/C14H19ClN2O2/c1-9(2)8-16-14(19)11-6-4-5-7-12(11)17-13(18)10(3)15/h4-7,9-10H,8H2,1-3H3,(H,16,19)(H,17,18). The molecule has 2 amide bonds. The molecule has 0 aliphatic carbocycles. The maximum atomic E-state index is 12.0. The molecule has 0 bridgehead atoms. The van der Waals surface area contributed by atoms with Crippen LogP contribution in [0.4, 0.5) is 5.69 Å². The highest BCUT2D eigenvalue weighted by Gasteiger charge is 2.15. The molecular weight excluding hydrogens is 264 g/mol. The first-order valence-corrected chi connectivity index (χ1v) is 6.67. The average molecular weight is 283 g/mol. The first kappa shape index (κ1) is 15.5. The third-order valence-electron chi connectivity index (χ3n) is 2.46. The summed E-state index contributed by atoms with van der Waals surface area (Å²) in [5.41, 5.74) is 0.912. The molecule has 1 atom stereocenters. The normalized spacial score (nSPS) is 12.1. The lowest BCUT2D eigenvalue weighted by Crippen LogP contribution is -2.29. The number of hydrogen-bond donors (Lipinski definition) is 2. The number of amides is 2. The summed E-state index contributed by atoms with van der Waals surface area (Å²) in [6, 6.07) is 6.86. The van der Waals surface area contributed by atoms with Crippen LogP contribution < -0.4 is 10.6 Å². The van der Waals surface area contributed by atoms with Crippen molar-refractivity contribution < 1.29 is 9.59 Å². The van der Waals surface area contributed by atoms with Gasteiger partial charge in [0.25, 0.3) is 5.91 Å². The maximum Gasteiger partial charge on any atom is 0.253 e. The summed E-state index contributed by atoms with van der Waals surface area (Å²) in [6.45, 7) is 6.21. The molecule has 4 nitrogen and oxygen atoms in total. The molecule has 19 heavy (non-hydrogen) atoms. The van der Waals surface area contributed by atoms with Crippen molar-refractivity contribution in [3.63, 3.8) is 0 Å². The van der Waals surface area contributed by atoms with Gasteiger partial charge in [-0.1, -0.05) is 26.0 Å². The Kier molecular flexibility index (Phi) is 5.83. The SMILES string of the molecule is CC(C)CNC(=O)c1ccccc1NC(=O)C(C)Cl. The van der Waals surface area contributed by atoms with E-state index in [0.717, 1.165) is 0 Å². The van der Waals surface area contributed by atoms with Gasteiger partial charge in [-0.2, -0.15) is 0 Å². The third kappa shape index (κ3) is 4.91. The number of alkyl halides is 1. The van der Waals surface area contributed by atoms with Crippen molar-refractivity contribution >= 4 is 29.1 Å². The summed E-state index contributed by atoms with van der Waals surface area (Å²) in [5.74, 6) is -0.161. The van der Waals surface area contributed by atoms with Crippen molar-refractivity contribution in [3.05, 3.63) is 29.8 Å². The summed E-state index contributed by atoms with van der Waals surface area (Å²) in [6.07, 6.45) is 0. The number of rotatable bonds is 5. The molecule has 0 saturated carbocycles. The second-order valence-corrected chi connectivity index (χ2v) is 5.41. The zero-order valence-corrected chi connectivity index (χ0v) is 12.1. The number of nitrogens with one attached hydrogen (secondary N) is 2. The molecule has 0 aromatic heterocycles. The zero-order chi connectivity index (χ0) is 14.4. The molecule has 0 radical (unpaired) electrons. The molecule has 1 aromatic rings. The number of carbonyl (C=O) groups is 2. The van der Waals surface area contributed by atoms with Gasteiger partial charge in [0.15, 0.2) is 0 Å². The predicted molar refractivity (Wildman–Crippen MR) is 77.6 cm³/mol. The first-order chi connectivity index (χ1) is 8.91. The van der Waals surface area contributed by atoms with E-state index in [4.69, 9.17) is 11.6 Å². The summed E-state index contributed by atoms with van der Waals surface area (Å²) in [4.78, 5) is 23.6. The molecule has 1 rings (SSSR count). The zero-order valence-electron chi connectivity index (χ0n) is 11.4. The van der Waals surface area contributed by atoms with Crippen LogP contribution in [-0.2, 0) is 4.79 Å². The Morgan fingerprint density at radius 2 is 1.84 bits per heavy atom. The monoisotopic (exact) mass is 282 g/mol. The van der Waals surface area contributed by atoms with Crippen LogP contribution in [0.2, 0.25) is 0 Å². The van der Waals surface area contributed by atoms with Crippen molar-refractivity contribution in [2.75, 3.05) is 11.9 Å². The third-order valence-corrected chi connectivity index (χ3v) is 2.66. The van der Waals surface area contributed by atoms with Crippen LogP contribution in [0.5, 0.6) is 0 Å². The molecule has 104 valence electrons. The second-order valence-electron chi connectivity index (χ2n) is 4.75. The first-order valence-electron chi connectivity index (χ1n) is 6.24. The van der Waals surface area contributed by atoms with E-state index in [9.17, 15) is 9.59 Å². The number of hydrogen-bond acceptors (Lipinski definition) is 2. The second kappa shape index (κ2) is 7.14. The van der Waals surface area contributed by atoms with Gasteiger partial charge in [0.1, 0.15) is 5.38 Å². The molecule has 5 heteroatoms. The van der Waals surface area contributed by atoms with E-state index in [-0.39, 0.29) is 11.8 Å². The number of carbonyl (C=O) groups excluding carboxylic acids is 2. The van der Waals surface area contributed by atoms with E-state index in [2.05, 4.69) is 10.6 Å². The molecule has 1 unspecified atom stereocenters. The van der Waals surface area contributed by atoms with Gasteiger partial charge < -0.3 is 10.6 Å². The smallest absolute Gasteiger partial charge is 0.253 e. The van der Waals surface area contributed by atoms with E-state index in [1.54, 1.807) is 31.2 Å². The number of anilines is 1. The van der Waals surface area contributed by atoms with Gasteiger partial charge >= 0.3 is 0 Å². The Hall–Kier alpha value is -1.55. The Morgan fingerprint density at radius 1 is 1.21 bits per heavy atom. The molecule has 0 fully saturated rings. The lowest BCUT2D eigenvalue weighted by atomic mass is 10.1. The van der Waals surface area contributed by atoms with Crippen molar-refractivity contribution in [1.29, 1.82) is 0 Å². The van der Waals surface area contributed by atoms with E-state index in [0.29, 0.717) is 23.7 Å². The van der Waals surface area contributed by atoms with E-state index in [1.165, 1.54) is 0 Å². The fraction of sp³-hybridized carbons (Fsp3) is 0.429. The highest BCUT2D eigenvalue weighted by molar-refractivity contribution is 6.32. The van der Waals surface area contributed by atoms with Gasteiger partial charge in [-0.25, -0.2) is 0 Å². The molecule has 0 aliphatic rings. The van der Waals surface area contributed by atoms with Crippen molar-refractivity contribution in [3.8, 4) is 0 Å². The Balaban J connectivity index is 2.83. The molecule has 0 spiro atoms. The lowest BCUT2D eigenvalue weighted by molar-refractivity contribution is -0.115. The van der Waals surface area contributed by atoms with E-state index >= 15 is 0 Å². The minimum atomic E-state index is -0.646. The van der Waals surface area contributed by atoms with Crippen LogP contribution in [0.1, 0.15) is 31.1 Å². The fourth-order valence-electron chi connectivity index (χ4n) is 1.41. The molecule has 0 heterocycles. The molecule has 0 aliphatic heterocycles. The minimum Gasteiger partial charge on any atom is -0.352 e. The van der Waals surface area contributed by atoms with Crippen molar-refractivity contribution in [2.45, 2.75) is 26.1 Å². The number of halogens is 1. The molecule has 0 saturated heterocycles. The van der Waals surface area contributed by atoms with E-state index in [1.807, 2.05) is 13.8 Å². The summed E-state index contributed by atoms with van der Waals surface area (Å²) < 4.78 is 0. The summed E-state index contributed by atoms with van der Waals surface area (Å²) in [5, 5.41) is 4.82. The van der Waals surface area contributed by atoms with Crippen LogP contribution in [0, 0.1) is 5.92 Å². The maximum absolute atomic E-state index is 12.0. The van der Waals surface area contributed by atoms with Crippen LogP contribution in [0.15, 0.2) is 24.3 Å². The number of benzene rings is 1. The largest absolute Gasteiger partial charge is 0.352 e. The van der Waals surface area contributed by atoms with Crippen molar-refractivity contribution in [1.82, 2.24) is 5.32 Å². The highest BCUT2D eigenvalue weighted by atomic mass is 35.5. The fourth-order valence-corrected chi connectivity index (χ4v) is 1.47. The highest BCUT2D eigenvalue weighted by Crippen LogP contribution is 2.16. The van der Waals surface area contributed by atoms with Gasteiger partial charge in [0.2, 0.25) is 5.91 Å². The molecule has 2 N–H and O–H groups in total. The molecule has 1 aromatic carbocycles. The summed E-state index contributed by atoms with van der Waals surface area (Å²) >= 11 is 5.70. The van der Waals surface area contributed by atoms with E-state index < -0.39 is 5.38 Å². The van der Waals surface area contributed by atoms with Gasteiger partial charge in [0.05, 0.1) is 11.3 Å².